The second kappa shape index (κ2) is 6.94. The fourth-order valence-corrected chi connectivity index (χ4v) is 2.78. The Balaban J connectivity index is 2.04. The van der Waals surface area contributed by atoms with Crippen LogP contribution in [0.5, 0.6) is 0 Å². The highest BCUT2D eigenvalue weighted by atomic mass is 35.5. The van der Waals surface area contributed by atoms with E-state index in [1.807, 2.05) is 26.0 Å². The Labute approximate surface area is 130 Å². The van der Waals surface area contributed by atoms with Crippen LogP contribution in [0.1, 0.15) is 24.0 Å². The number of carbonyl (C=O) groups is 2. The minimum Gasteiger partial charge on any atom is -0.356 e. The van der Waals surface area contributed by atoms with Gasteiger partial charge >= 0.3 is 0 Å². The summed E-state index contributed by atoms with van der Waals surface area (Å²) >= 11 is 5.59. The minimum atomic E-state index is -0.270. The molecule has 1 unspecified atom stereocenters. The number of alkyl halides is 1. The van der Waals surface area contributed by atoms with Crippen molar-refractivity contribution in [3.05, 3.63) is 29.3 Å². The maximum Gasteiger partial charge on any atom is 0.227 e. The average Bonchev–Trinajstić information content (AvgIpc) is 2.81. The molecule has 0 aromatic heterocycles. The number of hydrogen-bond donors (Lipinski definition) is 1. The molecule has 1 N–H and O–H groups in total. The van der Waals surface area contributed by atoms with E-state index in [0.29, 0.717) is 19.0 Å². The van der Waals surface area contributed by atoms with E-state index in [1.165, 1.54) is 5.56 Å². The van der Waals surface area contributed by atoms with Crippen LogP contribution >= 0.6 is 11.6 Å². The number of benzene rings is 1. The second-order valence-corrected chi connectivity index (χ2v) is 5.91. The van der Waals surface area contributed by atoms with Crippen molar-refractivity contribution < 1.29 is 9.59 Å². The van der Waals surface area contributed by atoms with Gasteiger partial charge in [0.05, 0.1) is 5.92 Å². The van der Waals surface area contributed by atoms with Crippen molar-refractivity contribution in [2.45, 2.75) is 26.7 Å². The van der Waals surface area contributed by atoms with Crippen LogP contribution in [0.3, 0.4) is 0 Å². The number of nitrogens with zero attached hydrogens (tertiary/aromatic N) is 1. The Morgan fingerprint density at radius 3 is 2.86 bits per heavy atom. The fraction of sp³-hybridized carbons (Fsp3) is 0.500. The van der Waals surface area contributed by atoms with Crippen molar-refractivity contribution in [3.8, 4) is 0 Å². The molecular weight excluding hydrogens is 288 g/mol. The molecule has 0 radical (unpaired) electrons. The molecule has 1 aliphatic rings. The van der Waals surface area contributed by atoms with Crippen molar-refractivity contribution in [2.75, 3.05) is 23.9 Å². The molecule has 4 nitrogen and oxygen atoms in total. The minimum absolute atomic E-state index is 0.0134. The molecule has 2 amide bonds. The van der Waals surface area contributed by atoms with Gasteiger partial charge in [0.25, 0.3) is 0 Å². The molecule has 1 aromatic rings. The van der Waals surface area contributed by atoms with E-state index in [9.17, 15) is 9.59 Å². The standard InChI is InChI=1S/C16H21ClN2O2/c1-11-4-5-14(12(2)8-11)19-10-13(9-15(19)20)16(21)18-7-3-6-17/h4-5,8,13H,3,6-7,9-10H2,1-2H3,(H,18,21). The number of amides is 2. The average molecular weight is 309 g/mol. The van der Waals surface area contributed by atoms with E-state index < -0.39 is 0 Å². The molecular formula is C16H21ClN2O2. The normalized spacial score (nSPS) is 18.1. The van der Waals surface area contributed by atoms with E-state index in [-0.39, 0.29) is 24.2 Å². The summed E-state index contributed by atoms with van der Waals surface area (Å²) in [7, 11) is 0. The second-order valence-electron chi connectivity index (χ2n) is 5.53. The molecule has 2 rings (SSSR count). The number of rotatable bonds is 5. The number of carbonyl (C=O) groups excluding carboxylic acids is 2. The molecule has 21 heavy (non-hydrogen) atoms. The third-order valence-electron chi connectivity index (χ3n) is 3.75. The van der Waals surface area contributed by atoms with Gasteiger partial charge in [-0.25, -0.2) is 0 Å². The summed E-state index contributed by atoms with van der Waals surface area (Å²) in [4.78, 5) is 26.0. The Kier molecular flexibility index (Phi) is 5.23. The molecule has 1 aliphatic heterocycles. The Morgan fingerprint density at radius 2 is 2.19 bits per heavy atom. The number of aryl methyl sites for hydroxylation is 2. The summed E-state index contributed by atoms with van der Waals surface area (Å²) in [6.45, 7) is 5.03. The van der Waals surface area contributed by atoms with Crippen molar-refractivity contribution in [3.63, 3.8) is 0 Å². The predicted molar refractivity (Wildman–Crippen MR) is 84.7 cm³/mol. The van der Waals surface area contributed by atoms with E-state index >= 15 is 0 Å². The number of anilines is 1. The largest absolute Gasteiger partial charge is 0.356 e. The molecule has 0 bridgehead atoms. The van der Waals surface area contributed by atoms with Crippen LogP contribution in [0.4, 0.5) is 5.69 Å². The van der Waals surface area contributed by atoms with Crippen molar-refractivity contribution in [1.82, 2.24) is 5.32 Å². The van der Waals surface area contributed by atoms with Gasteiger partial charge in [0.1, 0.15) is 0 Å². The third kappa shape index (κ3) is 3.76. The molecule has 114 valence electrons. The summed E-state index contributed by atoms with van der Waals surface area (Å²) in [5.74, 6) is 0.215. The van der Waals surface area contributed by atoms with Gasteiger partial charge in [-0.2, -0.15) is 0 Å². The summed E-state index contributed by atoms with van der Waals surface area (Å²) in [6.07, 6.45) is 1.02. The molecule has 1 aromatic carbocycles. The quantitative estimate of drug-likeness (QED) is 0.671. The van der Waals surface area contributed by atoms with E-state index in [2.05, 4.69) is 11.4 Å². The van der Waals surface area contributed by atoms with Gasteiger partial charge in [0, 0.05) is 31.1 Å². The lowest BCUT2D eigenvalue weighted by atomic mass is 10.1. The van der Waals surface area contributed by atoms with Crippen LogP contribution in [0, 0.1) is 19.8 Å². The molecule has 1 heterocycles. The molecule has 0 aliphatic carbocycles. The number of hydrogen-bond acceptors (Lipinski definition) is 2. The first kappa shape index (κ1) is 15.8. The van der Waals surface area contributed by atoms with Gasteiger partial charge in [-0.3, -0.25) is 9.59 Å². The Hall–Kier alpha value is -1.55. The highest BCUT2D eigenvalue weighted by Gasteiger charge is 2.35. The molecule has 1 fully saturated rings. The van der Waals surface area contributed by atoms with E-state index in [4.69, 9.17) is 11.6 Å². The molecule has 1 atom stereocenters. The topological polar surface area (TPSA) is 49.4 Å². The first-order valence-electron chi connectivity index (χ1n) is 7.24. The van der Waals surface area contributed by atoms with Gasteiger partial charge in [0.15, 0.2) is 0 Å². The molecule has 0 spiro atoms. The zero-order valence-electron chi connectivity index (χ0n) is 12.5. The summed E-state index contributed by atoms with van der Waals surface area (Å²) in [5.41, 5.74) is 3.13. The van der Waals surface area contributed by atoms with Gasteiger partial charge in [-0.1, -0.05) is 17.7 Å². The molecule has 1 saturated heterocycles. The summed E-state index contributed by atoms with van der Waals surface area (Å²) < 4.78 is 0. The highest BCUT2D eigenvalue weighted by Crippen LogP contribution is 2.28. The number of nitrogens with one attached hydrogen (secondary N) is 1. The first-order valence-corrected chi connectivity index (χ1v) is 7.77. The molecule has 5 heteroatoms. The maximum absolute atomic E-state index is 12.2. The Bertz CT molecular complexity index is 545. The fourth-order valence-electron chi connectivity index (χ4n) is 2.65. The lowest BCUT2D eigenvalue weighted by Gasteiger charge is -2.19. The van der Waals surface area contributed by atoms with E-state index in [0.717, 1.165) is 17.7 Å². The first-order chi connectivity index (χ1) is 10.0. The SMILES string of the molecule is Cc1ccc(N2CC(C(=O)NCCCCl)CC2=O)c(C)c1. The Morgan fingerprint density at radius 1 is 1.43 bits per heavy atom. The van der Waals surface area contributed by atoms with Crippen molar-refractivity contribution in [1.29, 1.82) is 0 Å². The third-order valence-corrected chi connectivity index (χ3v) is 4.02. The van der Waals surface area contributed by atoms with Gasteiger partial charge in [-0.05, 0) is 31.9 Å². The van der Waals surface area contributed by atoms with E-state index in [1.54, 1.807) is 4.90 Å². The van der Waals surface area contributed by atoms with Crippen molar-refractivity contribution >= 4 is 29.1 Å². The van der Waals surface area contributed by atoms with Crippen LogP contribution in [-0.2, 0) is 9.59 Å². The lowest BCUT2D eigenvalue weighted by molar-refractivity contribution is -0.126. The zero-order chi connectivity index (χ0) is 15.4. The summed E-state index contributed by atoms with van der Waals surface area (Å²) in [5, 5.41) is 2.84. The lowest BCUT2D eigenvalue weighted by Crippen LogP contribution is -2.33. The van der Waals surface area contributed by atoms with Gasteiger partial charge in [-0.15, -0.1) is 11.6 Å². The van der Waals surface area contributed by atoms with Crippen LogP contribution < -0.4 is 10.2 Å². The van der Waals surface area contributed by atoms with Gasteiger partial charge < -0.3 is 10.2 Å². The zero-order valence-corrected chi connectivity index (χ0v) is 13.2. The summed E-state index contributed by atoms with van der Waals surface area (Å²) in [6, 6.07) is 6.00. The van der Waals surface area contributed by atoms with Crippen LogP contribution in [0.25, 0.3) is 0 Å². The van der Waals surface area contributed by atoms with Crippen LogP contribution in [0.2, 0.25) is 0 Å². The highest BCUT2D eigenvalue weighted by molar-refractivity contribution is 6.17. The van der Waals surface area contributed by atoms with Crippen molar-refractivity contribution in [2.24, 2.45) is 5.92 Å². The van der Waals surface area contributed by atoms with Crippen LogP contribution in [0.15, 0.2) is 18.2 Å². The number of halogens is 1. The smallest absolute Gasteiger partial charge is 0.227 e. The van der Waals surface area contributed by atoms with Crippen LogP contribution in [-0.4, -0.2) is 30.8 Å². The monoisotopic (exact) mass is 308 g/mol. The molecule has 0 saturated carbocycles. The van der Waals surface area contributed by atoms with Gasteiger partial charge in [0.2, 0.25) is 11.8 Å². The predicted octanol–water partition coefficient (Wildman–Crippen LogP) is 2.40. The maximum atomic E-state index is 12.2.